The lowest BCUT2D eigenvalue weighted by Crippen LogP contribution is -2.65. The van der Waals surface area contributed by atoms with E-state index in [0.29, 0.717) is 11.1 Å². The van der Waals surface area contributed by atoms with E-state index in [4.69, 9.17) is 10.5 Å². The Labute approximate surface area is 384 Å². The third-order valence-electron chi connectivity index (χ3n) is 11.6. The Balaban J connectivity index is 1.88. The molecule has 0 aliphatic carbocycles. The van der Waals surface area contributed by atoms with Crippen LogP contribution in [-0.2, 0) is 60.7 Å². The molecule has 66 heavy (non-hydrogen) atoms. The number of nitrogens with one attached hydrogen (secondary N) is 5. The molecule has 2 aliphatic heterocycles. The molecule has 2 aromatic rings. The van der Waals surface area contributed by atoms with Gasteiger partial charge in [0.05, 0.1) is 0 Å². The summed E-state index contributed by atoms with van der Waals surface area (Å²) < 4.78 is 5.83. The smallest absolute Gasteiger partial charge is 0.329 e. The van der Waals surface area contributed by atoms with Gasteiger partial charge in [0.2, 0.25) is 47.3 Å². The molecule has 1 unspecified atom stereocenters. The lowest BCUT2D eigenvalue weighted by Gasteiger charge is -2.43. The Hall–Kier alpha value is -6.57. The zero-order chi connectivity index (χ0) is 49.0. The summed E-state index contributed by atoms with van der Waals surface area (Å²) in [5, 5.41) is 34.5. The minimum atomic E-state index is -1.74. The molecule has 8 amide bonds. The van der Waals surface area contributed by atoms with Gasteiger partial charge in [-0.05, 0) is 67.7 Å². The summed E-state index contributed by atoms with van der Waals surface area (Å²) in [5.74, 6) is -8.50. The van der Waals surface area contributed by atoms with E-state index >= 15 is 0 Å². The first-order valence-electron chi connectivity index (χ1n) is 22.1. The van der Waals surface area contributed by atoms with Gasteiger partial charge in [-0.1, -0.05) is 70.2 Å². The lowest BCUT2D eigenvalue weighted by atomic mass is 9.95. The number of nitrogens with zero attached hydrogens (tertiary/aromatic N) is 2. The average molecular weight is 921 g/mol. The maximum atomic E-state index is 15.0. The fourth-order valence-electron chi connectivity index (χ4n) is 7.95. The zero-order valence-corrected chi connectivity index (χ0v) is 38.4. The Morgan fingerprint density at radius 3 is 2.05 bits per heavy atom. The van der Waals surface area contributed by atoms with E-state index in [1.54, 1.807) is 70.2 Å². The largest absolute Gasteiger partial charge is 0.508 e. The Morgan fingerprint density at radius 1 is 0.833 bits per heavy atom. The van der Waals surface area contributed by atoms with E-state index in [1.165, 1.54) is 26.1 Å². The summed E-state index contributed by atoms with van der Waals surface area (Å²) in [6, 6.07) is 4.67. The number of amides is 8. The second kappa shape index (κ2) is 23.6. The van der Waals surface area contributed by atoms with Gasteiger partial charge in [-0.25, -0.2) is 4.79 Å². The van der Waals surface area contributed by atoms with Crippen molar-refractivity contribution in [3.8, 4) is 5.75 Å². The van der Waals surface area contributed by atoms with Gasteiger partial charge in [0.1, 0.15) is 60.4 Å². The van der Waals surface area contributed by atoms with Crippen molar-refractivity contribution in [1.82, 2.24) is 36.4 Å². The number of rotatable bonds is 13. The summed E-state index contributed by atoms with van der Waals surface area (Å²) in [4.78, 5) is 127. The van der Waals surface area contributed by atoms with Crippen molar-refractivity contribution in [2.45, 2.75) is 141 Å². The molecule has 0 spiro atoms. The number of aliphatic hydroxyl groups excluding tert-OH is 1. The third-order valence-corrected chi connectivity index (χ3v) is 11.6. The molecule has 2 saturated heterocycles. The maximum Gasteiger partial charge on any atom is 0.329 e. The molecule has 2 fully saturated rings. The van der Waals surface area contributed by atoms with Gasteiger partial charge < -0.3 is 57.1 Å². The van der Waals surface area contributed by atoms with Crippen LogP contribution in [0.25, 0.3) is 0 Å². The van der Waals surface area contributed by atoms with Crippen molar-refractivity contribution < 1.29 is 58.1 Å². The molecule has 2 aromatic carbocycles. The van der Waals surface area contributed by atoms with Gasteiger partial charge in [0.25, 0.3) is 0 Å². The predicted molar refractivity (Wildman–Crippen MR) is 238 cm³/mol. The second-order valence-electron chi connectivity index (χ2n) is 17.7. The quantitative estimate of drug-likeness (QED) is 0.120. The average Bonchev–Trinajstić information content (AvgIpc) is 3.25. The SMILES string of the molecule is CC(=O)N[C@@H](CCC(N)=O)C(=O)N[C@@H]1C(=O)N[C@@H](CC(C)C)C(=O)N[C@H]2CC[C@@H](O)N(C2=O)[C@@H](Cc2ccccc2)C(=O)N(C)C(Cc2ccc(O)cc2)C(=O)N[C@@H](C(C)C)C(=O)O[C@@H]1C. The number of phenols is 1. The lowest BCUT2D eigenvalue weighted by molar-refractivity contribution is -0.165. The van der Waals surface area contributed by atoms with Crippen LogP contribution in [0, 0.1) is 11.8 Å². The molecule has 9 N–H and O–H groups in total. The number of carbonyl (C=O) groups excluding carboxylic acids is 9. The number of phenolic OH excluding ortho intramolecular Hbond substituents is 1. The first kappa shape index (κ1) is 52.1. The minimum absolute atomic E-state index is 0.0244. The standard InChI is InChI=1S/C46H64N8O12/c1-24(2)21-33-41(60)49-32-18-20-37(58)54(44(32)63)35(23-28-11-9-8-10-12-28)45(64)53(7)34(22-29-13-15-30(56)16-14-29)42(61)51-38(25(3)4)46(65)66-26(5)39(43(62)50-33)52-40(59)31(48-27(6)55)17-19-36(47)57/h8-16,24-26,31-35,37-39,56,58H,17-23H2,1-7H3,(H2,47,57)(H,48,55)(H,49,60)(H,50,62)(H,51,61)(H,52,59)/t26-,31+,32+,33+,34?,35+,37-,38+,39+/m1/s1. The number of aliphatic hydroxyl groups is 1. The molecule has 2 bridgehead atoms. The van der Waals surface area contributed by atoms with Gasteiger partial charge in [-0.2, -0.15) is 0 Å². The van der Waals surface area contributed by atoms with Gasteiger partial charge in [-0.15, -0.1) is 0 Å². The predicted octanol–water partition coefficient (Wildman–Crippen LogP) is -0.329. The van der Waals surface area contributed by atoms with Crippen molar-refractivity contribution in [3.63, 3.8) is 0 Å². The number of hydrogen-bond donors (Lipinski definition) is 8. The van der Waals surface area contributed by atoms with E-state index < -0.39 is 114 Å². The summed E-state index contributed by atoms with van der Waals surface area (Å²) >= 11 is 0. The highest BCUT2D eigenvalue weighted by molar-refractivity contribution is 5.98. The molecule has 2 aliphatic rings. The second-order valence-corrected chi connectivity index (χ2v) is 17.7. The van der Waals surface area contributed by atoms with Crippen LogP contribution in [0.3, 0.4) is 0 Å². The van der Waals surface area contributed by atoms with Crippen molar-refractivity contribution >= 4 is 53.2 Å². The number of fused-ring (bicyclic) bond motifs is 2. The van der Waals surface area contributed by atoms with Crippen LogP contribution in [0.5, 0.6) is 5.75 Å². The van der Waals surface area contributed by atoms with Crippen molar-refractivity contribution in [2.75, 3.05) is 7.05 Å². The Morgan fingerprint density at radius 2 is 1.45 bits per heavy atom. The number of nitrogens with two attached hydrogens (primary N) is 1. The number of benzene rings is 2. The molecule has 4 rings (SSSR count). The molecule has 0 radical (unpaired) electrons. The Bertz CT molecular complexity index is 2080. The van der Waals surface area contributed by atoms with E-state index in [2.05, 4.69) is 26.6 Å². The van der Waals surface area contributed by atoms with Crippen LogP contribution >= 0.6 is 0 Å². The molecule has 360 valence electrons. The number of primary amides is 1. The molecule has 0 aromatic heterocycles. The van der Waals surface area contributed by atoms with Crippen LogP contribution in [0.1, 0.15) is 84.8 Å². The van der Waals surface area contributed by atoms with E-state index in [9.17, 15) is 53.4 Å². The number of cyclic esters (lactones) is 1. The summed E-state index contributed by atoms with van der Waals surface area (Å²) in [6.07, 6.45) is -3.91. The summed E-state index contributed by atoms with van der Waals surface area (Å²) in [7, 11) is 1.36. The minimum Gasteiger partial charge on any atom is -0.508 e. The number of hydrogen-bond acceptors (Lipinski definition) is 12. The highest BCUT2D eigenvalue weighted by Crippen LogP contribution is 2.26. The first-order valence-corrected chi connectivity index (χ1v) is 22.1. The first-order chi connectivity index (χ1) is 31.1. The molecule has 20 heteroatoms. The normalized spacial score (nSPS) is 25.4. The van der Waals surface area contributed by atoms with Crippen LogP contribution in [0.4, 0.5) is 0 Å². The van der Waals surface area contributed by atoms with E-state index in [0.717, 1.165) is 16.7 Å². The molecule has 2 heterocycles. The molecule has 0 saturated carbocycles. The number of aromatic hydroxyl groups is 1. The summed E-state index contributed by atoms with van der Waals surface area (Å²) in [5.41, 5.74) is 6.44. The third kappa shape index (κ3) is 14.2. The van der Waals surface area contributed by atoms with Crippen molar-refractivity contribution in [1.29, 1.82) is 0 Å². The van der Waals surface area contributed by atoms with Gasteiger partial charge in [0, 0.05) is 33.2 Å². The van der Waals surface area contributed by atoms with Crippen LogP contribution in [0.2, 0.25) is 0 Å². The van der Waals surface area contributed by atoms with E-state index in [1.807, 2.05) is 0 Å². The van der Waals surface area contributed by atoms with Gasteiger partial charge in [-0.3, -0.25) is 38.4 Å². The van der Waals surface area contributed by atoms with Crippen LogP contribution in [-0.4, -0.2) is 135 Å². The number of ether oxygens (including phenoxy) is 1. The number of carbonyl (C=O) groups is 9. The maximum absolute atomic E-state index is 15.0. The number of piperidine rings is 1. The Kier molecular flexibility index (Phi) is 18.6. The highest BCUT2D eigenvalue weighted by atomic mass is 16.5. The van der Waals surface area contributed by atoms with Crippen LogP contribution in [0.15, 0.2) is 54.6 Å². The molecule has 9 atom stereocenters. The van der Waals surface area contributed by atoms with Gasteiger partial charge in [0.15, 0.2) is 0 Å². The zero-order valence-electron chi connectivity index (χ0n) is 38.4. The molecular formula is C46H64N8O12. The van der Waals surface area contributed by atoms with Gasteiger partial charge >= 0.3 is 5.97 Å². The fourth-order valence-corrected chi connectivity index (χ4v) is 7.95. The highest BCUT2D eigenvalue weighted by Gasteiger charge is 2.46. The van der Waals surface area contributed by atoms with E-state index in [-0.39, 0.29) is 56.6 Å². The monoisotopic (exact) mass is 920 g/mol. The van der Waals surface area contributed by atoms with Crippen molar-refractivity contribution in [2.24, 2.45) is 17.6 Å². The summed E-state index contributed by atoms with van der Waals surface area (Å²) in [6.45, 7) is 9.23. The fraction of sp³-hybridized carbons (Fsp3) is 0.543. The number of esters is 1. The molecular weight excluding hydrogens is 857 g/mol. The topological polar surface area (TPSA) is 296 Å². The van der Waals surface area contributed by atoms with Crippen LogP contribution < -0.4 is 32.3 Å². The molecule has 20 nitrogen and oxygen atoms in total. The van der Waals surface area contributed by atoms with Crippen molar-refractivity contribution in [3.05, 3.63) is 65.7 Å². The number of likely N-dealkylation sites (N-methyl/N-ethyl adjacent to an activating group) is 1.